The number of anilines is 1. The Labute approximate surface area is 114 Å². The third-order valence-electron chi connectivity index (χ3n) is 4.26. The lowest BCUT2D eigenvalue weighted by Crippen LogP contribution is -2.46. The summed E-state index contributed by atoms with van der Waals surface area (Å²) in [5.41, 5.74) is 2.71. The van der Waals surface area contributed by atoms with Crippen LogP contribution in [0, 0.1) is 0 Å². The maximum atomic E-state index is 5.77. The number of fused-ring (bicyclic) bond motifs is 1. The zero-order chi connectivity index (χ0) is 12.8. The van der Waals surface area contributed by atoms with E-state index >= 15 is 0 Å². The van der Waals surface area contributed by atoms with Gasteiger partial charge in [-0.05, 0) is 51.4 Å². The van der Waals surface area contributed by atoms with Crippen LogP contribution in [-0.4, -0.2) is 24.1 Å². The normalized spacial score (nSPS) is 23.2. The number of thiocarbonyl (C=S) groups is 1. The van der Waals surface area contributed by atoms with Crippen LogP contribution in [0.25, 0.3) is 0 Å². The minimum absolute atomic E-state index is 0.00317. The molecule has 2 nitrogen and oxygen atoms in total. The average Bonchev–Trinajstić information content (AvgIpc) is 2.60. The standard InChI is InChI=1S/C15H20N2S/c1-15(2)12-5-3-4-6-13(12)17(14(15)18)11-7-9-16-10-8-11/h3-6,11,16H,7-10H2,1-2H3. The number of nitrogens with zero attached hydrogens (tertiary/aromatic N) is 1. The number of hydrogen-bond acceptors (Lipinski definition) is 2. The maximum absolute atomic E-state index is 5.77. The number of para-hydroxylation sites is 1. The lowest BCUT2D eigenvalue weighted by atomic mass is 9.87. The molecule has 1 saturated heterocycles. The van der Waals surface area contributed by atoms with Gasteiger partial charge in [-0.15, -0.1) is 0 Å². The lowest BCUT2D eigenvalue weighted by Gasteiger charge is -2.35. The summed E-state index contributed by atoms with van der Waals surface area (Å²) in [6, 6.07) is 9.26. The SMILES string of the molecule is CC1(C)C(=S)N(C2CCNCC2)c2ccccc21. The van der Waals surface area contributed by atoms with Crippen molar-refractivity contribution in [3.63, 3.8) is 0 Å². The van der Waals surface area contributed by atoms with Gasteiger partial charge in [0.25, 0.3) is 0 Å². The fraction of sp³-hybridized carbons (Fsp3) is 0.533. The first-order valence-electron chi connectivity index (χ1n) is 6.76. The molecule has 1 fully saturated rings. The maximum Gasteiger partial charge on any atom is 0.0928 e. The zero-order valence-corrected chi connectivity index (χ0v) is 11.9. The first-order chi connectivity index (χ1) is 8.62. The van der Waals surface area contributed by atoms with Crippen molar-refractivity contribution in [2.24, 2.45) is 0 Å². The van der Waals surface area contributed by atoms with Crippen LogP contribution >= 0.6 is 12.2 Å². The second kappa shape index (κ2) is 4.32. The highest BCUT2D eigenvalue weighted by molar-refractivity contribution is 7.80. The predicted molar refractivity (Wildman–Crippen MR) is 80.4 cm³/mol. The number of piperidine rings is 1. The highest BCUT2D eigenvalue weighted by Crippen LogP contribution is 2.44. The first kappa shape index (κ1) is 12.1. The van der Waals surface area contributed by atoms with E-state index in [1.54, 1.807) is 0 Å². The van der Waals surface area contributed by atoms with Crippen LogP contribution < -0.4 is 10.2 Å². The summed E-state index contributed by atoms with van der Waals surface area (Å²) < 4.78 is 0. The van der Waals surface area contributed by atoms with Gasteiger partial charge < -0.3 is 10.2 Å². The minimum atomic E-state index is -0.00317. The van der Waals surface area contributed by atoms with Crippen molar-refractivity contribution in [3.8, 4) is 0 Å². The van der Waals surface area contributed by atoms with Gasteiger partial charge in [-0.2, -0.15) is 0 Å². The van der Waals surface area contributed by atoms with Gasteiger partial charge in [0.2, 0.25) is 0 Å². The van der Waals surface area contributed by atoms with E-state index in [2.05, 4.69) is 48.3 Å². The molecule has 18 heavy (non-hydrogen) atoms. The van der Waals surface area contributed by atoms with Gasteiger partial charge in [-0.1, -0.05) is 30.4 Å². The Morgan fingerprint density at radius 2 is 1.89 bits per heavy atom. The van der Waals surface area contributed by atoms with Crippen LogP contribution in [0.3, 0.4) is 0 Å². The molecular weight excluding hydrogens is 240 g/mol. The van der Waals surface area contributed by atoms with Crippen molar-refractivity contribution >= 4 is 22.9 Å². The van der Waals surface area contributed by atoms with Crippen molar-refractivity contribution in [3.05, 3.63) is 29.8 Å². The molecule has 1 aromatic carbocycles. The summed E-state index contributed by atoms with van der Waals surface area (Å²) in [5, 5.41) is 3.43. The molecule has 0 unspecified atom stereocenters. The lowest BCUT2D eigenvalue weighted by molar-refractivity contribution is 0.457. The van der Waals surface area contributed by atoms with Crippen molar-refractivity contribution in [2.45, 2.75) is 38.1 Å². The number of rotatable bonds is 1. The summed E-state index contributed by atoms with van der Waals surface area (Å²) in [5.74, 6) is 0. The van der Waals surface area contributed by atoms with Crippen LogP contribution in [0.2, 0.25) is 0 Å². The molecule has 0 saturated carbocycles. The van der Waals surface area contributed by atoms with Crippen LogP contribution in [0.15, 0.2) is 24.3 Å². The third-order valence-corrected chi connectivity index (χ3v) is 4.97. The molecule has 2 heterocycles. The number of benzene rings is 1. The van der Waals surface area contributed by atoms with Crippen molar-refractivity contribution in [2.75, 3.05) is 18.0 Å². The highest BCUT2D eigenvalue weighted by Gasteiger charge is 2.42. The van der Waals surface area contributed by atoms with Crippen molar-refractivity contribution < 1.29 is 0 Å². The second-order valence-corrected chi connectivity index (χ2v) is 6.19. The molecular formula is C15H20N2S. The van der Waals surface area contributed by atoms with Gasteiger partial charge >= 0.3 is 0 Å². The Balaban J connectivity index is 2.03. The van der Waals surface area contributed by atoms with E-state index in [1.807, 2.05) is 0 Å². The van der Waals surface area contributed by atoms with E-state index in [0.29, 0.717) is 6.04 Å². The van der Waals surface area contributed by atoms with Gasteiger partial charge in [0.1, 0.15) is 0 Å². The number of nitrogens with one attached hydrogen (secondary N) is 1. The van der Waals surface area contributed by atoms with Gasteiger partial charge in [-0.25, -0.2) is 0 Å². The molecule has 0 radical (unpaired) electrons. The molecule has 3 heteroatoms. The highest BCUT2D eigenvalue weighted by atomic mass is 32.1. The van der Waals surface area contributed by atoms with Gasteiger partial charge in [0.15, 0.2) is 0 Å². The van der Waals surface area contributed by atoms with Crippen LogP contribution in [0.1, 0.15) is 32.3 Å². The fourth-order valence-corrected chi connectivity index (χ4v) is 3.52. The summed E-state index contributed by atoms with van der Waals surface area (Å²) in [4.78, 5) is 3.52. The Kier molecular flexibility index (Phi) is 2.91. The topological polar surface area (TPSA) is 15.3 Å². The molecule has 0 spiro atoms. The monoisotopic (exact) mass is 260 g/mol. The predicted octanol–water partition coefficient (Wildman–Crippen LogP) is 2.86. The quantitative estimate of drug-likeness (QED) is 0.782. The second-order valence-electron chi connectivity index (χ2n) is 5.80. The Morgan fingerprint density at radius 3 is 2.61 bits per heavy atom. The molecule has 0 aromatic heterocycles. The molecule has 96 valence electrons. The van der Waals surface area contributed by atoms with Crippen LogP contribution in [0.5, 0.6) is 0 Å². The molecule has 0 amide bonds. The van der Waals surface area contributed by atoms with E-state index in [0.717, 1.165) is 18.1 Å². The molecule has 0 atom stereocenters. The van der Waals surface area contributed by atoms with Crippen molar-refractivity contribution in [1.82, 2.24) is 5.32 Å². The van der Waals surface area contributed by atoms with Crippen molar-refractivity contribution in [1.29, 1.82) is 0 Å². The summed E-state index contributed by atoms with van der Waals surface area (Å²) in [6.07, 6.45) is 2.37. The van der Waals surface area contributed by atoms with E-state index in [1.165, 1.54) is 24.1 Å². The largest absolute Gasteiger partial charge is 0.332 e. The summed E-state index contributed by atoms with van der Waals surface area (Å²) in [6.45, 7) is 6.70. The fourth-order valence-electron chi connectivity index (χ4n) is 3.17. The van der Waals surface area contributed by atoms with Gasteiger partial charge in [0.05, 0.1) is 4.99 Å². The molecule has 2 aliphatic heterocycles. The smallest absolute Gasteiger partial charge is 0.0928 e. The van der Waals surface area contributed by atoms with E-state index in [9.17, 15) is 0 Å². The number of hydrogen-bond donors (Lipinski definition) is 1. The molecule has 2 aliphatic rings. The van der Waals surface area contributed by atoms with E-state index in [-0.39, 0.29) is 5.41 Å². The van der Waals surface area contributed by atoms with Crippen LogP contribution in [0.4, 0.5) is 5.69 Å². The third kappa shape index (κ3) is 1.69. The summed E-state index contributed by atoms with van der Waals surface area (Å²) >= 11 is 5.77. The Hall–Kier alpha value is -0.930. The van der Waals surface area contributed by atoms with E-state index < -0.39 is 0 Å². The summed E-state index contributed by atoms with van der Waals surface area (Å²) in [7, 11) is 0. The Morgan fingerprint density at radius 1 is 1.22 bits per heavy atom. The molecule has 3 rings (SSSR count). The average molecular weight is 260 g/mol. The molecule has 0 bridgehead atoms. The minimum Gasteiger partial charge on any atom is -0.332 e. The molecule has 1 aromatic rings. The Bertz CT molecular complexity index is 475. The van der Waals surface area contributed by atoms with E-state index in [4.69, 9.17) is 12.2 Å². The van der Waals surface area contributed by atoms with Gasteiger partial charge in [0, 0.05) is 17.1 Å². The first-order valence-corrected chi connectivity index (χ1v) is 7.17. The van der Waals surface area contributed by atoms with Gasteiger partial charge in [-0.3, -0.25) is 0 Å². The zero-order valence-electron chi connectivity index (χ0n) is 11.1. The van der Waals surface area contributed by atoms with Crippen LogP contribution in [-0.2, 0) is 5.41 Å². The molecule has 0 aliphatic carbocycles. The molecule has 1 N–H and O–H groups in total.